The Hall–Kier alpha value is -2.04. The Bertz CT molecular complexity index is 687. The minimum absolute atomic E-state index is 0.592. The van der Waals surface area contributed by atoms with Gasteiger partial charge in [-0.15, -0.1) is 0 Å². The first kappa shape index (κ1) is 13.0. The van der Waals surface area contributed by atoms with Crippen LogP contribution in [0.3, 0.4) is 0 Å². The SMILES string of the molecule is NC(C(=O)O)C1Oc2ccc(Cl)cc2-c2ccccc21. The Morgan fingerprint density at radius 1 is 1.25 bits per heavy atom. The van der Waals surface area contributed by atoms with Gasteiger partial charge in [-0.25, -0.2) is 0 Å². The van der Waals surface area contributed by atoms with Crippen molar-refractivity contribution in [2.24, 2.45) is 5.73 Å². The number of halogens is 1. The van der Waals surface area contributed by atoms with Crippen molar-refractivity contribution in [2.45, 2.75) is 12.1 Å². The number of carboxylic acids is 1. The molecule has 0 spiro atoms. The van der Waals surface area contributed by atoms with E-state index in [1.54, 1.807) is 18.2 Å². The molecule has 4 nitrogen and oxygen atoms in total. The van der Waals surface area contributed by atoms with Gasteiger partial charge in [0.25, 0.3) is 0 Å². The van der Waals surface area contributed by atoms with Crippen molar-refractivity contribution < 1.29 is 14.6 Å². The molecule has 1 aliphatic rings. The van der Waals surface area contributed by atoms with Crippen LogP contribution in [0.25, 0.3) is 11.1 Å². The molecule has 1 heterocycles. The average molecular weight is 290 g/mol. The van der Waals surface area contributed by atoms with Gasteiger partial charge in [-0.3, -0.25) is 4.79 Å². The highest BCUT2D eigenvalue weighted by Gasteiger charge is 2.34. The first-order valence-electron chi connectivity index (χ1n) is 6.12. The molecule has 0 aromatic heterocycles. The predicted octanol–water partition coefficient (Wildman–Crippen LogP) is 2.85. The minimum atomic E-state index is -1.13. The molecule has 102 valence electrons. The second kappa shape index (κ2) is 4.81. The summed E-state index contributed by atoms with van der Waals surface area (Å²) in [6, 6.07) is 11.6. The molecule has 0 bridgehead atoms. The monoisotopic (exact) mass is 289 g/mol. The van der Waals surface area contributed by atoms with E-state index in [2.05, 4.69) is 0 Å². The van der Waals surface area contributed by atoms with E-state index in [0.717, 1.165) is 16.7 Å². The Labute approximate surface area is 120 Å². The highest BCUT2D eigenvalue weighted by molar-refractivity contribution is 6.31. The summed E-state index contributed by atoms with van der Waals surface area (Å²) < 4.78 is 5.77. The van der Waals surface area contributed by atoms with E-state index in [1.165, 1.54) is 0 Å². The van der Waals surface area contributed by atoms with Gasteiger partial charge in [-0.2, -0.15) is 0 Å². The molecule has 5 heteroatoms. The van der Waals surface area contributed by atoms with Gasteiger partial charge in [-0.1, -0.05) is 35.9 Å². The average Bonchev–Trinajstić information content (AvgIpc) is 2.45. The molecule has 2 aromatic rings. The molecule has 0 amide bonds. The number of hydrogen-bond acceptors (Lipinski definition) is 3. The number of fused-ring (bicyclic) bond motifs is 3. The van der Waals surface area contributed by atoms with Gasteiger partial charge in [0.1, 0.15) is 11.8 Å². The molecule has 20 heavy (non-hydrogen) atoms. The lowest BCUT2D eigenvalue weighted by Crippen LogP contribution is -2.40. The standard InChI is InChI=1S/C15H12ClNO3/c16-8-5-6-12-11(7-8)9-3-1-2-4-10(9)14(20-12)13(17)15(18)19/h1-7,13-14H,17H2,(H,18,19). The minimum Gasteiger partial charge on any atom is -0.483 e. The maximum atomic E-state index is 11.1. The van der Waals surface area contributed by atoms with E-state index in [4.69, 9.17) is 27.2 Å². The Morgan fingerprint density at radius 2 is 2.00 bits per heavy atom. The first-order valence-corrected chi connectivity index (χ1v) is 6.49. The Balaban J connectivity index is 2.18. The van der Waals surface area contributed by atoms with Crippen molar-refractivity contribution in [1.82, 2.24) is 0 Å². The van der Waals surface area contributed by atoms with Crippen LogP contribution in [-0.4, -0.2) is 17.1 Å². The van der Waals surface area contributed by atoms with Crippen molar-refractivity contribution in [3.63, 3.8) is 0 Å². The molecule has 0 fully saturated rings. The molecule has 0 radical (unpaired) electrons. The first-order chi connectivity index (χ1) is 9.58. The van der Waals surface area contributed by atoms with Crippen LogP contribution in [0.5, 0.6) is 5.75 Å². The van der Waals surface area contributed by atoms with E-state index < -0.39 is 18.1 Å². The molecule has 3 rings (SSSR count). The topological polar surface area (TPSA) is 72.6 Å². The summed E-state index contributed by atoms with van der Waals surface area (Å²) in [6.07, 6.45) is -0.711. The van der Waals surface area contributed by atoms with Gasteiger partial charge in [-0.05, 0) is 23.8 Å². The van der Waals surface area contributed by atoms with Crippen molar-refractivity contribution >= 4 is 17.6 Å². The fourth-order valence-electron chi connectivity index (χ4n) is 2.40. The van der Waals surface area contributed by atoms with Gasteiger partial charge in [0, 0.05) is 16.1 Å². The maximum Gasteiger partial charge on any atom is 0.324 e. The van der Waals surface area contributed by atoms with Gasteiger partial charge >= 0.3 is 5.97 Å². The van der Waals surface area contributed by atoms with Crippen LogP contribution in [0.15, 0.2) is 42.5 Å². The van der Waals surface area contributed by atoms with E-state index in [1.807, 2.05) is 24.3 Å². The molecule has 0 aliphatic carbocycles. The molecular formula is C15H12ClNO3. The molecule has 0 saturated carbocycles. The molecule has 0 saturated heterocycles. The van der Waals surface area contributed by atoms with Gasteiger partial charge in [0.15, 0.2) is 6.10 Å². The van der Waals surface area contributed by atoms with Crippen LogP contribution in [0.2, 0.25) is 5.02 Å². The summed E-state index contributed by atoms with van der Waals surface area (Å²) in [6.45, 7) is 0. The number of aliphatic carboxylic acids is 1. The highest BCUT2D eigenvalue weighted by atomic mass is 35.5. The van der Waals surface area contributed by atoms with Crippen molar-refractivity contribution in [1.29, 1.82) is 0 Å². The Kier molecular flexibility index (Phi) is 3.12. The highest BCUT2D eigenvalue weighted by Crippen LogP contribution is 2.44. The van der Waals surface area contributed by atoms with E-state index in [0.29, 0.717) is 10.8 Å². The van der Waals surface area contributed by atoms with Crippen LogP contribution in [0, 0.1) is 0 Å². The number of hydrogen-bond donors (Lipinski definition) is 2. The molecule has 2 aromatic carbocycles. The molecular weight excluding hydrogens is 278 g/mol. The summed E-state index contributed by atoms with van der Waals surface area (Å²) in [4.78, 5) is 11.1. The lowest BCUT2D eigenvalue weighted by Gasteiger charge is -2.30. The number of carbonyl (C=O) groups is 1. The van der Waals surface area contributed by atoms with E-state index in [9.17, 15) is 4.79 Å². The Morgan fingerprint density at radius 3 is 2.75 bits per heavy atom. The molecule has 2 atom stereocenters. The van der Waals surface area contributed by atoms with Crippen molar-refractivity contribution in [3.8, 4) is 16.9 Å². The smallest absolute Gasteiger partial charge is 0.324 e. The summed E-state index contributed by atoms with van der Waals surface area (Å²) in [5.41, 5.74) is 8.25. The summed E-state index contributed by atoms with van der Waals surface area (Å²) in [5.74, 6) is -0.503. The quantitative estimate of drug-likeness (QED) is 0.891. The largest absolute Gasteiger partial charge is 0.483 e. The fourth-order valence-corrected chi connectivity index (χ4v) is 2.57. The van der Waals surface area contributed by atoms with Crippen LogP contribution in [0.4, 0.5) is 0 Å². The van der Waals surface area contributed by atoms with Gasteiger partial charge < -0.3 is 15.6 Å². The summed E-state index contributed by atoms with van der Waals surface area (Å²) in [5, 5.41) is 9.73. The van der Waals surface area contributed by atoms with Crippen molar-refractivity contribution in [2.75, 3.05) is 0 Å². The zero-order valence-corrected chi connectivity index (χ0v) is 11.2. The number of benzene rings is 2. The van der Waals surface area contributed by atoms with Crippen molar-refractivity contribution in [3.05, 3.63) is 53.1 Å². The second-order valence-electron chi connectivity index (χ2n) is 4.63. The summed E-state index contributed by atoms with van der Waals surface area (Å²) in [7, 11) is 0. The third kappa shape index (κ3) is 2.03. The van der Waals surface area contributed by atoms with Gasteiger partial charge in [0.2, 0.25) is 0 Å². The summed E-state index contributed by atoms with van der Waals surface area (Å²) >= 11 is 6.02. The van der Waals surface area contributed by atoms with E-state index in [-0.39, 0.29) is 0 Å². The van der Waals surface area contributed by atoms with Crippen LogP contribution in [0.1, 0.15) is 11.7 Å². The maximum absolute atomic E-state index is 11.1. The number of carboxylic acid groups (broad SMARTS) is 1. The number of rotatable bonds is 2. The van der Waals surface area contributed by atoms with Crippen LogP contribution < -0.4 is 10.5 Å². The fraction of sp³-hybridized carbons (Fsp3) is 0.133. The predicted molar refractivity (Wildman–Crippen MR) is 75.9 cm³/mol. The number of ether oxygens (including phenoxy) is 1. The zero-order valence-electron chi connectivity index (χ0n) is 10.4. The normalized spacial score (nSPS) is 17.6. The molecule has 3 N–H and O–H groups in total. The van der Waals surface area contributed by atoms with Gasteiger partial charge in [0.05, 0.1) is 0 Å². The zero-order chi connectivity index (χ0) is 14.3. The molecule has 2 unspecified atom stereocenters. The van der Waals surface area contributed by atoms with E-state index >= 15 is 0 Å². The molecule has 1 aliphatic heterocycles. The second-order valence-corrected chi connectivity index (χ2v) is 5.07. The third-order valence-electron chi connectivity index (χ3n) is 3.36. The lowest BCUT2D eigenvalue weighted by atomic mass is 9.90. The number of nitrogens with two attached hydrogens (primary N) is 1. The van der Waals surface area contributed by atoms with Crippen LogP contribution in [-0.2, 0) is 4.79 Å². The van der Waals surface area contributed by atoms with Crippen LogP contribution >= 0.6 is 11.6 Å². The lowest BCUT2D eigenvalue weighted by molar-refractivity contribution is -0.140. The third-order valence-corrected chi connectivity index (χ3v) is 3.60.